The fourth-order valence-corrected chi connectivity index (χ4v) is 2.54. The van der Waals surface area contributed by atoms with E-state index in [-0.39, 0.29) is 17.8 Å². The van der Waals surface area contributed by atoms with Crippen LogP contribution in [0.4, 0.5) is 4.39 Å². The Bertz CT molecular complexity index is 386. The molecule has 0 aromatic heterocycles. The summed E-state index contributed by atoms with van der Waals surface area (Å²) in [4.78, 5) is 0. The molecule has 102 valence electrons. The van der Waals surface area contributed by atoms with Crippen molar-refractivity contribution in [3.63, 3.8) is 0 Å². The zero-order valence-electron chi connectivity index (χ0n) is 11.5. The van der Waals surface area contributed by atoms with Crippen LogP contribution in [0.25, 0.3) is 0 Å². The van der Waals surface area contributed by atoms with Crippen LogP contribution in [0, 0.1) is 24.1 Å². The van der Waals surface area contributed by atoms with Crippen LogP contribution in [0.1, 0.15) is 31.4 Å². The van der Waals surface area contributed by atoms with Gasteiger partial charge in [-0.1, -0.05) is 19.9 Å². The molecule has 3 heteroatoms. The number of hydrogen-bond acceptors (Lipinski definition) is 2. The Morgan fingerprint density at radius 1 is 1.39 bits per heavy atom. The van der Waals surface area contributed by atoms with Crippen molar-refractivity contribution >= 4 is 0 Å². The van der Waals surface area contributed by atoms with Gasteiger partial charge in [0.05, 0.1) is 6.61 Å². The minimum Gasteiger partial charge on any atom is -0.396 e. The van der Waals surface area contributed by atoms with Crippen LogP contribution in [-0.4, -0.2) is 18.3 Å². The first-order chi connectivity index (χ1) is 8.42. The lowest BCUT2D eigenvalue weighted by molar-refractivity contribution is 0.108. The van der Waals surface area contributed by atoms with Crippen molar-refractivity contribution in [3.05, 3.63) is 35.1 Å². The standard InChI is InChI=1S/C15H24FNO/c1-11(2)7-15(9-17,10-18)8-13-4-5-14(16)6-12(13)3/h4-6,11,18H,7-10,17H2,1-3H3. The predicted molar refractivity (Wildman–Crippen MR) is 72.9 cm³/mol. The van der Waals surface area contributed by atoms with E-state index in [0.717, 1.165) is 17.5 Å². The first-order valence-electron chi connectivity index (χ1n) is 6.48. The fourth-order valence-electron chi connectivity index (χ4n) is 2.54. The molecular weight excluding hydrogens is 229 g/mol. The van der Waals surface area contributed by atoms with E-state index >= 15 is 0 Å². The van der Waals surface area contributed by atoms with Crippen LogP contribution in [0.3, 0.4) is 0 Å². The Balaban J connectivity index is 2.95. The molecule has 1 unspecified atom stereocenters. The SMILES string of the molecule is Cc1cc(F)ccc1CC(CN)(CO)CC(C)C. The van der Waals surface area contributed by atoms with Gasteiger partial charge in [-0.15, -0.1) is 0 Å². The zero-order valence-corrected chi connectivity index (χ0v) is 11.5. The van der Waals surface area contributed by atoms with E-state index in [1.165, 1.54) is 12.1 Å². The van der Waals surface area contributed by atoms with Gasteiger partial charge in [-0.05, 0) is 48.9 Å². The second-order valence-corrected chi connectivity index (χ2v) is 5.71. The van der Waals surface area contributed by atoms with Crippen molar-refractivity contribution < 1.29 is 9.50 Å². The van der Waals surface area contributed by atoms with E-state index in [2.05, 4.69) is 13.8 Å². The number of halogens is 1. The average molecular weight is 253 g/mol. The maximum Gasteiger partial charge on any atom is 0.123 e. The van der Waals surface area contributed by atoms with Gasteiger partial charge in [0.1, 0.15) is 5.82 Å². The Morgan fingerprint density at radius 3 is 2.50 bits per heavy atom. The molecule has 1 atom stereocenters. The summed E-state index contributed by atoms with van der Waals surface area (Å²) in [6, 6.07) is 4.80. The number of aryl methyl sites for hydroxylation is 1. The summed E-state index contributed by atoms with van der Waals surface area (Å²) in [5, 5.41) is 9.68. The summed E-state index contributed by atoms with van der Waals surface area (Å²) in [7, 11) is 0. The van der Waals surface area contributed by atoms with Crippen LogP contribution in [-0.2, 0) is 6.42 Å². The average Bonchev–Trinajstić information content (AvgIpc) is 2.31. The summed E-state index contributed by atoms with van der Waals surface area (Å²) >= 11 is 0. The monoisotopic (exact) mass is 253 g/mol. The van der Waals surface area contributed by atoms with Gasteiger partial charge in [-0.25, -0.2) is 4.39 Å². The van der Waals surface area contributed by atoms with Gasteiger partial charge < -0.3 is 10.8 Å². The molecule has 0 aliphatic heterocycles. The molecule has 3 N–H and O–H groups in total. The van der Waals surface area contributed by atoms with Gasteiger partial charge in [0.25, 0.3) is 0 Å². The largest absolute Gasteiger partial charge is 0.396 e. The summed E-state index contributed by atoms with van der Waals surface area (Å²) in [5.41, 5.74) is 7.55. The zero-order chi connectivity index (χ0) is 13.8. The van der Waals surface area contributed by atoms with E-state index in [1.807, 2.05) is 6.92 Å². The van der Waals surface area contributed by atoms with Crippen molar-refractivity contribution in [2.24, 2.45) is 17.1 Å². The Labute approximate surface area is 109 Å². The van der Waals surface area contributed by atoms with E-state index in [0.29, 0.717) is 18.9 Å². The lowest BCUT2D eigenvalue weighted by Crippen LogP contribution is -2.38. The maximum atomic E-state index is 13.1. The molecule has 0 saturated heterocycles. The van der Waals surface area contributed by atoms with E-state index in [4.69, 9.17) is 5.73 Å². The van der Waals surface area contributed by atoms with Crippen molar-refractivity contribution in [2.75, 3.05) is 13.2 Å². The van der Waals surface area contributed by atoms with E-state index < -0.39 is 0 Å². The highest BCUT2D eigenvalue weighted by atomic mass is 19.1. The number of rotatable bonds is 6. The van der Waals surface area contributed by atoms with Gasteiger partial charge >= 0.3 is 0 Å². The van der Waals surface area contributed by atoms with Crippen molar-refractivity contribution in [2.45, 2.75) is 33.6 Å². The topological polar surface area (TPSA) is 46.2 Å². The molecule has 0 spiro atoms. The van der Waals surface area contributed by atoms with Gasteiger partial charge in [0.2, 0.25) is 0 Å². The first kappa shape index (κ1) is 15.1. The van der Waals surface area contributed by atoms with Gasteiger partial charge in [-0.3, -0.25) is 0 Å². The smallest absolute Gasteiger partial charge is 0.123 e. The highest BCUT2D eigenvalue weighted by Gasteiger charge is 2.29. The van der Waals surface area contributed by atoms with Gasteiger partial charge in [-0.2, -0.15) is 0 Å². The Morgan fingerprint density at radius 2 is 2.06 bits per heavy atom. The van der Waals surface area contributed by atoms with Crippen molar-refractivity contribution in [3.8, 4) is 0 Å². The number of aliphatic hydroxyl groups is 1. The predicted octanol–water partition coefficient (Wildman–Crippen LogP) is 2.66. The molecule has 2 nitrogen and oxygen atoms in total. The Kier molecular flexibility index (Phi) is 5.29. The fraction of sp³-hybridized carbons (Fsp3) is 0.600. The highest BCUT2D eigenvalue weighted by Crippen LogP contribution is 2.30. The molecule has 0 saturated carbocycles. The summed E-state index contributed by atoms with van der Waals surface area (Å²) < 4.78 is 13.1. The molecular formula is C15H24FNO. The minimum atomic E-state index is -0.295. The number of nitrogens with two attached hydrogens (primary N) is 1. The lowest BCUT2D eigenvalue weighted by atomic mass is 9.75. The van der Waals surface area contributed by atoms with E-state index in [9.17, 15) is 9.50 Å². The number of benzene rings is 1. The van der Waals surface area contributed by atoms with Crippen LogP contribution >= 0.6 is 0 Å². The third-order valence-corrected chi connectivity index (χ3v) is 3.48. The quantitative estimate of drug-likeness (QED) is 0.818. The number of aliphatic hydroxyl groups excluding tert-OH is 1. The van der Waals surface area contributed by atoms with E-state index in [1.54, 1.807) is 6.07 Å². The van der Waals surface area contributed by atoms with Crippen LogP contribution < -0.4 is 5.73 Å². The van der Waals surface area contributed by atoms with Crippen molar-refractivity contribution in [1.29, 1.82) is 0 Å². The normalized spacial score (nSPS) is 14.8. The van der Waals surface area contributed by atoms with Gasteiger partial charge in [0.15, 0.2) is 0 Å². The highest BCUT2D eigenvalue weighted by molar-refractivity contribution is 5.27. The second kappa shape index (κ2) is 6.30. The van der Waals surface area contributed by atoms with Crippen LogP contribution in [0.5, 0.6) is 0 Å². The molecule has 1 rings (SSSR count). The minimum absolute atomic E-state index is 0.0680. The molecule has 0 aliphatic carbocycles. The third kappa shape index (κ3) is 3.79. The molecule has 0 fully saturated rings. The molecule has 0 bridgehead atoms. The third-order valence-electron chi connectivity index (χ3n) is 3.48. The summed E-state index contributed by atoms with van der Waals surface area (Å²) in [5.74, 6) is 0.254. The van der Waals surface area contributed by atoms with Crippen LogP contribution in [0.15, 0.2) is 18.2 Å². The molecule has 0 aliphatic rings. The first-order valence-corrected chi connectivity index (χ1v) is 6.48. The lowest BCUT2D eigenvalue weighted by Gasteiger charge is -2.33. The summed E-state index contributed by atoms with van der Waals surface area (Å²) in [6.07, 6.45) is 1.57. The van der Waals surface area contributed by atoms with Crippen molar-refractivity contribution in [1.82, 2.24) is 0 Å². The summed E-state index contributed by atoms with van der Waals surface area (Å²) in [6.45, 7) is 6.65. The second-order valence-electron chi connectivity index (χ2n) is 5.71. The molecule has 0 radical (unpaired) electrons. The molecule has 1 aromatic carbocycles. The maximum absolute atomic E-state index is 13.1. The molecule has 1 aromatic rings. The van der Waals surface area contributed by atoms with Crippen LogP contribution in [0.2, 0.25) is 0 Å². The Hall–Kier alpha value is -0.930. The van der Waals surface area contributed by atoms with Gasteiger partial charge in [0, 0.05) is 12.0 Å². The molecule has 0 amide bonds. The molecule has 18 heavy (non-hydrogen) atoms. The molecule has 0 heterocycles. The number of hydrogen-bond donors (Lipinski definition) is 2.